The Bertz CT molecular complexity index is 467. The Kier molecular flexibility index (Phi) is 25.7. The van der Waals surface area contributed by atoms with Crippen molar-refractivity contribution in [1.29, 1.82) is 0 Å². The number of ether oxygens (including phenoxy) is 1. The highest BCUT2D eigenvalue weighted by Crippen LogP contribution is 2.12. The Morgan fingerprint density at radius 3 is 1.76 bits per heavy atom. The van der Waals surface area contributed by atoms with Crippen molar-refractivity contribution < 1.29 is 19.7 Å². The molecule has 0 fully saturated rings. The molecule has 0 aromatic rings. The predicted octanol–water partition coefficient (Wildman–Crippen LogP) is 7.72. The van der Waals surface area contributed by atoms with Crippen LogP contribution in [0.25, 0.3) is 0 Å². The van der Waals surface area contributed by atoms with E-state index in [1.165, 1.54) is 82.6 Å². The molecule has 0 unspecified atom stereocenters. The van der Waals surface area contributed by atoms with Crippen LogP contribution in [0, 0.1) is 0 Å². The molecule has 5 nitrogen and oxygen atoms in total. The zero-order valence-corrected chi connectivity index (χ0v) is 22.7. The van der Waals surface area contributed by atoms with Gasteiger partial charge in [0.05, 0.1) is 19.5 Å². The van der Waals surface area contributed by atoms with Crippen molar-refractivity contribution in [2.45, 2.75) is 136 Å². The summed E-state index contributed by atoms with van der Waals surface area (Å²) >= 11 is 0. The number of carbonyl (C=O) groups is 1. The molecule has 0 spiro atoms. The summed E-state index contributed by atoms with van der Waals surface area (Å²) in [7, 11) is 0. The number of carboxylic acid groups (broad SMARTS) is 1. The summed E-state index contributed by atoms with van der Waals surface area (Å²) in [4.78, 5) is 12.9. The molecule has 0 aliphatic rings. The average Bonchev–Trinajstić information content (AvgIpc) is 2.81. The Labute approximate surface area is 211 Å². The van der Waals surface area contributed by atoms with E-state index >= 15 is 0 Å². The molecule has 0 rings (SSSR count). The van der Waals surface area contributed by atoms with E-state index in [4.69, 9.17) is 9.84 Å². The summed E-state index contributed by atoms with van der Waals surface area (Å²) in [6.07, 6.45) is 24.1. The van der Waals surface area contributed by atoms with Gasteiger partial charge in [-0.1, -0.05) is 84.0 Å². The van der Waals surface area contributed by atoms with Gasteiger partial charge in [-0.05, 0) is 64.1 Å². The second-order valence-electron chi connectivity index (χ2n) is 9.95. The molecule has 0 atom stereocenters. The summed E-state index contributed by atoms with van der Waals surface area (Å²) in [5, 5.41) is 18.0. The minimum Gasteiger partial charge on any atom is -0.501 e. The van der Waals surface area contributed by atoms with Gasteiger partial charge in [-0.15, -0.1) is 0 Å². The van der Waals surface area contributed by atoms with Crippen molar-refractivity contribution in [3.8, 4) is 0 Å². The minimum absolute atomic E-state index is 0.228. The van der Waals surface area contributed by atoms with E-state index in [1.54, 1.807) is 0 Å². The number of hydrogen-bond donors (Lipinski definition) is 2. The third kappa shape index (κ3) is 25.6. The molecular formula is C29H57NO4. The lowest BCUT2D eigenvalue weighted by Crippen LogP contribution is -2.29. The van der Waals surface area contributed by atoms with Gasteiger partial charge < -0.3 is 19.8 Å². The molecule has 0 heterocycles. The number of aliphatic carboxylic acids is 1. The lowest BCUT2D eigenvalue weighted by molar-refractivity contribution is -0.137. The third-order valence-corrected chi connectivity index (χ3v) is 6.48. The quantitative estimate of drug-likeness (QED) is 0.0924. The number of aliphatic hydroxyl groups excluding tert-OH is 1. The number of unbranched alkanes of at least 4 members (excludes halogenated alkanes) is 14. The second-order valence-corrected chi connectivity index (χ2v) is 9.95. The van der Waals surface area contributed by atoms with Gasteiger partial charge in [0.1, 0.15) is 0 Å². The van der Waals surface area contributed by atoms with Crippen LogP contribution in [0.3, 0.4) is 0 Å². The van der Waals surface area contributed by atoms with E-state index in [1.807, 2.05) is 6.26 Å². The number of aliphatic hydroxyl groups is 1. The number of carboxylic acids is 1. The van der Waals surface area contributed by atoms with E-state index in [9.17, 15) is 9.90 Å². The summed E-state index contributed by atoms with van der Waals surface area (Å²) in [6, 6.07) is 0. The first kappa shape index (κ1) is 32.9. The Morgan fingerprint density at radius 2 is 1.21 bits per heavy atom. The SMILES string of the molecule is CCCCCCCC/C(C)=C/OCCCCCCCCN(CCO)CCCCCCCC(=O)O. The van der Waals surface area contributed by atoms with Crippen LogP contribution in [0.4, 0.5) is 0 Å². The van der Waals surface area contributed by atoms with Gasteiger partial charge in [0.15, 0.2) is 0 Å². The van der Waals surface area contributed by atoms with Gasteiger partial charge in [0, 0.05) is 13.0 Å². The maximum atomic E-state index is 10.5. The minimum atomic E-state index is -0.691. The van der Waals surface area contributed by atoms with Crippen LogP contribution in [-0.4, -0.2) is 53.9 Å². The molecule has 0 aromatic carbocycles. The lowest BCUT2D eigenvalue weighted by atomic mass is 10.1. The van der Waals surface area contributed by atoms with E-state index < -0.39 is 5.97 Å². The lowest BCUT2D eigenvalue weighted by Gasteiger charge is -2.21. The fourth-order valence-corrected chi connectivity index (χ4v) is 4.29. The Hall–Kier alpha value is -1.07. The number of rotatable bonds is 27. The van der Waals surface area contributed by atoms with E-state index in [0.717, 1.165) is 64.8 Å². The molecule has 202 valence electrons. The molecule has 0 saturated carbocycles. The van der Waals surface area contributed by atoms with Crippen LogP contribution in [0.15, 0.2) is 11.8 Å². The van der Waals surface area contributed by atoms with Gasteiger partial charge >= 0.3 is 5.97 Å². The van der Waals surface area contributed by atoms with Crippen LogP contribution in [-0.2, 0) is 9.53 Å². The Morgan fingerprint density at radius 1 is 0.706 bits per heavy atom. The van der Waals surface area contributed by atoms with E-state index in [2.05, 4.69) is 18.7 Å². The first-order chi connectivity index (χ1) is 16.6. The zero-order chi connectivity index (χ0) is 25.1. The fourth-order valence-electron chi connectivity index (χ4n) is 4.29. The molecular weight excluding hydrogens is 426 g/mol. The van der Waals surface area contributed by atoms with Crippen molar-refractivity contribution in [3.05, 3.63) is 11.8 Å². The van der Waals surface area contributed by atoms with Gasteiger partial charge in [0.25, 0.3) is 0 Å². The third-order valence-electron chi connectivity index (χ3n) is 6.48. The standard InChI is InChI=1S/C29H57NO4/c1-3-4-5-6-10-15-20-28(2)27-34-26-19-14-8-7-12-17-22-30(24-25-31)23-18-13-9-11-16-21-29(32)33/h27,31H,3-26H2,1-2H3,(H,32,33)/b28-27+. The average molecular weight is 484 g/mol. The first-order valence-electron chi connectivity index (χ1n) is 14.4. The summed E-state index contributed by atoms with van der Waals surface area (Å²) in [5.41, 5.74) is 1.38. The van der Waals surface area contributed by atoms with Gasteiger partial charge in [0.2, 0.25) is 0 Å². The summed E-state index contributed by atoms with van der Waals surface area (Å²) in [5.74, 6) is -0.691. The van der Waals surface area contributed by atoms with Crippen molar-refractivity contribution >= 4 is 5.97 Å². The van der Waals surface area contributed by atoms with Crippen LogP contribution in [0.5, 0.6) is 0 Å². The smallest absolute Gasteiger partial charge is 0.303 e. The van der Waals surface area contributed by atoms with Crippen molar-refractivity contribution in [2.75, 3.05) is 32.8 Å². The monoisotopic (exact) mass is 483 g/mol. The van der Waals surface area contributed by atoms with E-state index in [0.29, 0.717) is 6.42 Å². The van der Waals surface area contributed by atoms with Crippen LogP contribution in [0.1, 0.15) is 136 Å². The largest absolute Gasteiger partial charge is 0.501 e. The number of allylic oxidation sites excluding steroid dienone is 1. The van der Waals surface area contributed by atoms with Crippen LogP contribution in [0.2, 0.25) is 0 Å². The summed E-state index contributed by atoms with van der Waals surface area (Å²) in [6.45, 7) is 8.41. The predicted molar refractivity (Wildman–Crippen MR) is 144 cm³/mol. The maximum absolute atomic E-state index is 10.5. The van der Waals surface area contributed by atoms with E-state index in [-0.39, 0.29) is 6.61 Å². The molecule has 0 radical (unpaired) electrons. The Balaban J connectivity index is 3.52. The van der Waals surface area contributed by atoms with Crippen molar-refractivity contribution in [3.63, 3.8) is 0 Å². The van der Waals surface area contributed by atoms with Crippen LogP contribution >= 0.6 is 0 Å². The second kappa shape index (κ2) is 26.5. The van der Waals surface area contributed by atoms with Gasteiger partial charge in [-0.25, -0.2) is 0 Å². The first-order valence-corrected chi connectivity index (χ1v) is 14.4. The summed E-state index contributed by atoms with van der Waals surface area (Å²) < 4.78 is 5.74. The van der Waals surface area contributed by atoms with Gasteiger partial charge in [-0.3, -0.25) is 4.79 Å². The molecule has 0 saturated heterocycles. The number of nitrogens with zero attached hydrogens (tertiary/aromatic N) is 1. The zero-order valence-electron chi connectivity index (χ0n) is 22.7. The van der Waals surface area contributed by atoms with Crippen molar-refractivity contribution in [2.24, 2.45) is 0 Å². The molecule has 0 bridgehead atoms. The van der Waals surface area contributed by atoms with Gasteiger partial charge in [-0.2, -0.15) is 0 Å². The highest BCUT2D eigenvalue weighted by atomic mass is 16.5. The molecule has 2 N–H and O–H groups in total. The molecule has 0 aromatic heterocycles. The normalized spacial score (nSPS) is 11.9. The molecule has 34 heavy (non-hydrogen) atoms. The number of hydrogen-bond acceptors (Lipinski definition) is 4. The maximum Gasteiger partial charge on any atom is 0.303 e. The fraction of sp³-hybridized carbons (Fsp3) is 0.897. The van der Waals surface area contributed by atoms with Crippen LogP contribution < -0.4 is 0 Å². The molecule has 5 heteroatoms. The highest BCUT2D eigenvalue weighted by Gasteiger charge is 2.04. The molecule has 0 amide bonds. The van der Waals surface area contributed by atoms with Crippen molar-refractivity contribution in [1.82, 2.24) is 4.90 Å². The molecule has 0 aliphatic heterocycles. The highest BCUT2D eigenvalue weighted by molar-refractivity contribution is 5.66. The topological polar surface area (TPSA) is 70.0 Å². The molecule has 0 aliphatic carbocycles.